The minimum Gasteiger partial charge on any atom is -0.480 e. The summed E-state index contributed by atoms with van der Waals surface area (Å²) in [7, 11) is 0. The third-order valence-corrected chi connectivity index (χ3v) is 4.56. The summed E-state index contributed by atoms with van der Waals surface area (Å²) in [5.74, 6) is 0.000320. The van der Waals surface area contributed by atoms with Crippen LogP contribution in [-0.2, 0) is 4.79 Å². The van der Waals surface area contributed by atoms with Crippen molar-refractivity contribution in [2.45, 2.75) is 70.5 Å². The maximum atomic E-state index is 10.9. The van der Waals surface area contributed by atoms with Gasteiger partial charge in [-0.1, -0.05) is 56.2 Å². The van der Waals surface area contributed by atoms with E-state index in [0.29, 0.717) is 0 Å². The molecule has 2 nitrogen and oxygen atoms in total. The summed E-state index contributed by atoms with van der Waals surface area (Å²) in [6, 6.07) is 0. The molecule has 0 aliphatic rings. The number of allylic oxidation sites excluding steroid dienone is 5. The van der Waals surface area contributed by atoms with Crippen LogP contribution in [0.4, 0.5) is 0 Å². The lowest BCUT2D eigenvalue weighted by atomic mass is 10.2. The minimum atomic E-state index is -0.753. The van der Waals surface area contributed by atoms with E-state index in [9.17, 15) is 4.79 Å². The standard InChI is InChI=1S/C19H32O2S/c1-4-5-6-7-8-9-10-11-12-13-14-15-16-17-22-19(2,3)18(20)21/h8-9,11-12,15-16H,4-7,10,13-14,17H2,1-3H3,(H,20,21)/b9-8-,12-11-,16-15+. The number of carboxylic acid groups (broad SMARTS) is 1. The van der Waals surface area contributed by atoms with Gasteiger partial charge in [-0.2, -0.15) is 0 Å². The molecule has 0 spiro atoms. The molecule has 3 heteroatoms. The molecule has 0 aliphatic heterocycles. The van der Waals surface area contributed by atoms with Crippen LogP contribution in [0.2, 0.25) is 0 Å². The van der Waals surface area contributed by atoms with Gasteiger partial charge in [0.15, 0.2) is 0 Å². The topological polar surface area (TPSA) is 37.3 Å². The number of rotatable bonds is 13. The van der Waals surface area contributed by atoms with Crippen LogP contribution in [0.1, 0.15) is 65.7 Å². The molecule has 1 N–H and O–H groups in total. The average molecular weight is 325 g/mol. The van der Waals surface area contributed by atoms with Crippen molar-refractivity contribution in [3.8, 4) is 0 Å². The van der Waals surface area contributed by atoms with Gasteiger partial charge in [-0.05, 0) is 46.0 Å². The van der Waals surface area contributed by atoms with Crippen LogP contribution in [0.15, 0.2) is 36.5 Å². The molecule has 0 unspecified atom stereocenters. The fourth-order valence-corrected chi connectivity index (χ4v) is 2.49. The molecular formula is C19H32O2S. The Morgan fingerprint density at radius 2 is 1.55 bits per heavy atom. The second kappa shape index (κ2) is 13.7. The lowest BCUT2D eigenvalue weighted by Crippen LogP contribution is -2.27. The van der Waals surface area contributed by atoms with Gasteiger partial charge in [-0.25, -0.2) is 0 Å². The summed E-state index contributed by atoms with van der Waals surface area (Å²) in [6.45, 7) is 5.71. The van der Waals surface area contributed by atoms with Crippen molar-refractivity contribution in [1.82, 2.24) is 0 Å². The second-order valence-corrected chi connectivity index (χ2v) is 7.49. The molecule has 0 aliphatic carbocycles. The molecular weight excluding hydrogens is 292 g/mol. The molecule has 0 atom stereocenters. The number of carbonyl (C=O) groups is 1. The van der Waals surface area contributed by atoms with Crippen LogP contribution in [0, 0.1) is 0 Å². The Kier molecular flexibility index (Phi) is 13.1. The van der Waals surface area contributed by atoms with E-state index in [1.807, 2.05) is 0 Å². The summed E-state index contributed by atoms with van der Waals surface area (Å²) in [4.78, 5) is 10.9. The Balaban J connectivity index is 3.54. The van der Waals surface area contributed by atoms with E-state index in [4.69, 9.17) is 5.11 Å². The molecule has 0 saturated heterocycles. The van der Waals surface area contributed by atoms with Gasteiger partial charge < -0.3 is 5.11 Å². The maximum Gasteiger partial charge on any atom is 0.319 e. The Bertz CT molecular complexity index is 368. The van der Waals surface area contributed by atoms with Crippen LogP contribution >= 0.6 is 11.8 Å². The fraction of sp³-hybridized carbons (Fsp3) is 0.632. The van der Waals surface area contributed by atoms with Crippen molar-refractivity contribution in [2.24, 2.45) is 0 Å². The average Bonchev–Trinajstić information content (AvgIpc) is 2.47. The van der Waals surface area contributed by atoms with Crippen molar-refractivity contribution in [3.05, 3.63) is 36.5 Å². The number of hydrogen-bond acceptors (Lipinski definition) is 2. The van der Waals surface area contributed by atoms with Gasteiger partial charge in [0.25, 0.3) is 0 Å². The number of aliphatic carboxylic acids is 1. The maximum absolute atomic E-state index is 10.9. The molecule has 22 heavy (non-hydrogen) atoms. The van der Waals surface area contributed by atoms with E-state index in [0.717, 1.165) is 25.0 Å². The predicted molar refractivity (Wildman–Crippen MR) is 99.6 cm³/mol. The quantitative estimate of drug-likeness (QED) is 0.333. The van der Waals surface area contributed by atoms with Crippen molar-refractivity contribution in [2.75, 3.05) is 5.75 Å². The highest BCUT2D eigenvalue weighted by molar-refractivity contribution is 8.01. The first kappa shape index (κ1) is 21.0. The third-order valence-electron chi connectivity index (χ3n) is 3.30. The Labute approximate surface area is 140 Å². The van der Waals surface area contributed by atoms with Gasteiger partial charge in [-0.15, -0.1) is 11.8 Å². The molecule has 0 fully saturated rings. The van der Waals surface area contributed by atoms with E-state index in [1.165, 1.54) is 37.4 Å². The molecule has 0 saturated carbocycles. The Morgan fingerprint density at radius 1 is 0.955 bits per heavy atom. The number of unbranched alkanes of at least 4 members (excludes halogenated alkanes) is 4. The first-order chi connectivity index (χ1) is 10.5. The molecule has 0 aromatic rings. The lowest BCUT2D eigenvalue weighted by Gasteiger charge is -2.16. The molecule has 0 bridgehead atoms. The Morgan fingerprint density at radius 3 is 2.14 bits per heavy atom. The normalized spacial score (nSPS) is 12.9. The van der Waals surface area contributed by atoms with E-state index in [-0.39, 0.29) is 0 Å². The van der Waals surface area contributed by atoms with Gasteiger partial charge >= 0.3 is 5.97 Å². The fourth-order valence-electron chi connectivity index (χ4n) is 1.72. The second-order valence-electron chi connectivity index (χ2n) is 5.85. The lowest BCUT2D eigenvalue weighted by molar-refractivity contribution is -0.138. The summed E-state index contributed by atoms with van der Waals surface area (Å²) < 4.78 is -0.701. The van der Waals surface area contributed by atoms with Crippen LogP contribution in [0.3, 0.4) is 0 Å². The molecule has 126 valence electrons. The van der Waals surface area contributed by atoms with Crippen molar-refractivity contribution < 1.29 is 9.90 Å². The van der Waals surface area contributed by atoms with Gasteiger partial charge in [0.05, 0.1) is 0 Å². The van der Waals surface area contributed by atoms with Crippen molar-refractivity contribution >= 4 is 17.7 Å². The van der Waals surface area contributed by atoms with Crippen LogP contribution in [0.5, 0.6) is 0 Å². The first-order valence-electron chi connectivity index (χ1n) is 8.33. The van der Waals surface area contributed by atoms with E-state index in [1.54, 1.807) is 13.8 Å². The molecule has 0 aromatic carbocycles. The van der Waals surface area contributed by atoms with Crippen molar-refractivity contribution in [3.63, 3.8) is 0 Å². The van der Waals surface area contributed by atoms with E-state index in [2.05, 4.69) is 43.4 Å². The first-order valence-corrected chi connectivity index (χ1v) is 9.31. The molecule has 0 rings (SSSR count). The monoisotopic (exact) mass is 324 g/mol. The molecule has 0 amide bonds. The van der Waals surface area contributed by atoms with Gasteiger partial charge in [0.1, 0.15) is 4.75 Å². The van der Waals surface area contributed by atoms with Gasteiger partial charge in [0.2, 0.25) is 0 Å². The highest BCUT2D eigenvalue weighted by Gasteiger charge is 2.26. The SMILES string of the molecule is CCCCC/C=C\C/C=C\CC/C=C/CSC(C)(C)C(=O)O. The molecule has 0 heterocycles. The smallest absolute Gasteiger partial charge is 0.319 e. The zero-order valence-corrected chi connectivity index (χ0v) is 15.2. The predicted octanol–water partition coefficient (Wildman–Crippen LogP) is 6.00. The Hall–Kier alpha value is -0.960. The van der Waals surface area contributed by atoms with E-state index >= 15 is 0 Å². The minimum absolute atomic E-state index is 0.701. The summed E-state index contributed by atoms with van der Waals surface area (Å²) in [5, 5.41) is 8.99. The highest BCUT2D eigenvalue weighted by Crippen LogP contribution is 2.24. The molecule has 0 radical (unpaired) electrons. The van der Waals surface area contributed by atoms with Crippen LogP contribution < -0.4 is 0 Å². The third kappa shape index (κ3) is 12.8. The van der Waals surface area contributed by atoms with Crippen LogP contribution in [0.25, 0.3) is 0 Å². The number of hydrogen-bond donors (Lipinski definition) is 1. The highest BCUT2D eigenvalue weighted by atomic mass is 32.2. The number of thioether (sulfide) groups is 1. The van der Waals surface area contributed by atoms with Crippen molar-refractivity contribution in [1.29, 1.82) is 0 Å². The zero-order chi connectivity index (χ0) is 16.7. The largest absolute Gasteiger partial charge is 0.480 e. The van der Waals surface area contributed by atoms with Gasteiger partial charge in [0, 0.05) is 5.75 Å². The summed E-state index contributed by atoms with van der Waals surface area (Å²) >= 11 is 1.46. The van der Waals surface area contributed by atoms with Crippen LogP contribution in [-0.4, -0.2) is 21.6 Å². The molecule has 0 aromatic heterocycles. The van der Waals surface area contributed by atoms with E-state index < -0.39 is 10.7 Å². The summed E-state index contributed by atoms with van der Waals surface area (Å²) in [6.07, 6.45) is 21.4. The summed E-state index contributed by atoms with van der Waals surface area (Å²) in [5.41, 5.74) is 0. The van der Waals surface area contributed by atoms with Gasteiger partial charge in [-0.3, -0.25) is 4.79 Å². The zero-order valence-electron chi connectivity index (χ0n) is 14.4. The number of carboxylic acids is 1.